The summed E-state index contributed by atoms with van der Waals surface area (Å²) < 4.78 is 16.0. The molecule has 0 radical (unpaired) electrons. The second-order valence-corrected chi connectivity index (χ2v) is 8.07. The number of aryl methyl sites for hydroxylation is 1. The molecule has 0 saturated carbocycles. The van der Waals surface area contributed by atoms with Gasteiger partial charge in [0.25, 0.3) is 0 Å². The summed E-state index contributed by atoms with van der Waals surface area (Å²) in [6, 6.07) is 12.4. The van der Waals surface area contributed by atoms with E-state index in [2.05, 4.69) is 4.57 Å². The van der Waals surface area contributed by atoms with Gasteiger partial charge in [-0.05, 0) is 75.1 Å². The lowest BCUT2D eigenvalue weighted by Gasteiger charge is -2.20. The Morgan fingerprint density at radius 1 is 1.19 bits per heavy atom. The van der Waals surface area contributed by atoms with Gasteiger partial charge in [0.15, 0.2) is 0 Å². The second kappa shape index (κ2) is 7.35. The molecule has 0 unspecified atom stereocenters. The van der Waals surface area contributed by atoms with Crippen LogP contribution in [0.15, 0.2) is 42.5 Å². The van der Waals surface area contributed by atoms with Gasteiger partial charge >= 0.3 is 5.97 Å². The minimum absolute atomic E-state index is 0.272. The average molecular weight is 388 g/mol. The number of nitrogens with zero attached hydrogens (tertiary/aromatic N) is 1. The van der Waals surface area contributed by atoms with Crippen LogP contribution < -0.4 is 0 Å². The molecule has 142 valence electrons. The van der Waals surface area contributed by atoms with Crippen molar-refractivity contribution in [2.24, 2.45) is 5.41 Å². The normalized spacial score (nSPS) is 11.9. The van der Waals surface area contributed by atoms with Crippen LogP contribution in [0.5, 0.6) is 0 Å². The van der Waals surface area contributed by atoms with Crippen LogP contribution in [0, 0.1) is 18.2 Å². The quantitative estimate of drug-likeness (QED) is 0.577. The Morgan fingerprint density at radius 3 is 2.48 bits per heavy atom. The topological polar surface area (TPSA) is 42.2 Å². The highest BCUT2D eigenvalue weighted by atomic mass is 35.5. The van der Waals surface area contributed by atoms with E-state index in [9.17, 15) is 14.3 Å². The van der Waals surface area contributed by atoms with Crippen molar-refractivity contribution in [3.05, 3.63) is 70.1 Å². The summed E-state index contributed by atoms with van der Waals surface area (Å²) in [5.41, 5.74) is 3.25. The summed E-state index contributed by atoms with van der Waals surface area (Å²) in [5, 5.41) is 11.0. The van der Waals surface area contributed by atoms with Crippen molar-refractivity contribution >= 4 is 28.5 Å². The van der Waals surface area contributed by atoms with Crippen molar-refractivity contribution in [1.29, 1.82) is 0 Å². The molecular weight excluding hydrogens is 365 g/mol. The summed E-state index contributed by atoms with van der Waals surface area (Å²) >= 11 is 5.99. The summed E-state index contributed by atoms with van der Waals surface area (Å²) in [5.74, 6) is -1.08. The third-order valence-corrected chi connectivity index (χ3v) is 5.48. The zero-order valence-corrected chi connectivity index (χ0v) is 16.5. The third-order valence-electron chi connectivity index (χ3n) is 5.23. The fourth-order valence-corrected chi connectivity index (χ4v) is 3.49. The number of benzene rings is 2. The molecular formula is C22H23ClFNO2. The Bertz CT molecular complexity index is 990. The van der Waals surface area contributed by atoms with Gasteiger partial charge in [-0.1, -0.05) is 23.7 Å². The molecule has 0 aliphatic heterocycles. The zero-order valence-electron chi connectivity index (χ0n) is 15.7. The van der Waals surface area contributed by atoms with E-state index < -0.39 is 11.4 Å². The number of aliphatic carboxylic acids is 1. The highest BCUT2D eigenvalue weighted by molar-refractivity contribution is 6.30. The molecule has 1 N–H and O–H groups in total. The Balaban J connectivity index is 2.05. The summed E-state index contributed by atoms with van der Waals surface area (Å²) in [4.78, 5) is 11.5. The van der Waals surface area contributed by atoms with Gasteiger partial charge in [-0.3, -0.25) is 4.79 Å². The Hall–Kier alpha value is -2.33. The first kappa shape index (κ1) is 19.4. The number of carboxylic acids is 1. The van der Waals surface area contributed by atoms with Gasteiger partial charge in [-0.25, -0.2) is 4.39 Å². The molecule has 3 nitrogen and oxygen atoms in total. The fraction of sp³-hybridized carbons (Fsp3) is 0.318. The molecule has 1 heterocycles. The van der Waals surface area contributed by atoms with E-state index in [0.29, 0.717) is 24.4 Å². The van der Waals surface area contributed by atoms with Crippen molar-refractivity contribution < 1.29 is 14.3 Å². The zero-order chi connectivity index (χ0) is 19.8. The van der Waals surface area contributed by atoms with Crippen molar-refractivity contribution in [3.8, 4) is 0 Å². The summed E-state index contributed by atoms with van der Waals surface area (Å²) in [6.45, 7) is 6.06. The molecule has 1 aromatic heterocycles. The molecule has 2 aromatic carbocycles. The third kappa shape index (κ3) is 4.01. The van der Waals surface area contributed by atoms with Crippen molar-refractivity contribution in [2.45, 2.75) is 40.2 Å². The molecule has 27 heavy (non-hydrogen) atoms. The van der Waals surface area contributed by atoms with Gasteiger partial charge in [-0.2, -0.15) is 0 Å². The number of aromatic nitrogens is 1. The average Bonchev–Trinajstić information content (AvgIpc) is 2.86. The van der Waals surface area contributed by atoms with Gasteiger partial charge in [0.05, 0.1) is 5.41 Å². The monoisotopic (exact) mass is 387 g/mol. The molecule has 0 bridgehead atoms. The standard InChI is InChI=1S/C22H23ClFNO2/c1-14-18-12-17(24)8-9-20(18)25(13-15-4-6-16(23)7-5-15)19(14)10-11-22(2,3)21(26)27/h4-9,12H,10-11,13H2,1-3H3,(H,26,27). The molecule has 0 fully saturated rings. The van der Waals surface area contributed by atoms with Crippen molar-refractivity contribution in [2.75, 3.05) is 0 Å². The van der Waals surface area contributed by atoms with E-state index in [4.69, 9.17) is 11.6 Å². The van der Waals surface area contributed by atoms with Crippen LogP contribution in [-0.4, -0.2) is 15.6 Å². The molecule has 3 aromatic rings. The van der Waals surface area contributed by atoms with Gasteiger partial charge in [0, 0.05) is 28.2 Å². The second-order valence-electron chi connectivity index (χ2n) is 7.63. The first-order valence-electron chi connectivity index (χ1n) is 8.94. The fourth-order valence-electron chi connectivity index (χ4n) is 3.36. The molecule has 3 rings (SSSR count). The Morgan fingerprint density at radius 2 is 1.85 bits per heavy atom. The van der Waals surface area contributed by atoms with Crippen LogP contribution in [0.1, 0.15) is 37.1 Å². The first-order chi connectivity index (χ1) is 12.7. The van der Waals surface area contributed by atoms with E-state index in [0.717, 1.165) is 27.7 Å². The number of carbonyl (C=O) groups is 1. The van der Waals surface area contributed by atoms with Crippen molar-refractivity contribution in [3.63, 3.8) is 0 Å². The first-order valence-corrected chi connectivity index (χ1v) is 9.32. The minimum atomic E-state index is -0.820. The van der Waals surface area contributed by atoms with Crippen LogP contribution in [0.4, 0.5) is 4.39 Å². The Kier molecular flexibility index (Phi) is 5.29. The number of halogens is 2. The van der Waals surface area contributed by atoms with E-state index >= 15 is 0 Å². The van der Waals surface area contributed by atoms with Gasteiger partial charge in [0.2, 0.25) is 0 Å². The van der Waals surface area contributed by atoms with Crippen molar-refractivity contribution in [1.82, 2.24) is 4.57 Å². The molecule has 0 spiro atoms. The maximum absolute atomic E-state index is 13.8. The maximum Gasteiger partial charge on any atom is 0.309 e. The molecule has 0 saturated heterocycles. The Labute approximate surface area is 163 Å². The summed E-state index contributed by atoms with van der Waals surface area (Å²) in [6.07, 6.45) is 1.11. The number of hydrogen-bond acceptors (Lipinski definition) is 1. The number of rotatable bonds is 6. The molecule has 0 amide bonds. The van der Waals surface area contributed by atoms with Gasteiger partial charge in [-0.15, -0.1) is 0 Å². The van der Waals surface area contributed by atoms with E-state index in [1.165, 1.54) is 6.07 Å². The highest BCUT2D eigenvalue weighted by Gasteiger charge is 2.28. The minimum Gasteiger partial charge on any atom is -0.481 e. The predicted molar refractivity (Wildman–Crippen MR) is 107 cm³/mol. The predicted octanol–water partition coefficient (Wildman–Crippen LogP) is 5.83. The number of carboxylic acid groups (broad SMARTS) is 1. The molecule has 0 aliphatic carbocycles. The van der Waals surface area contributed by atoms with E-state index in [1.807, 2.05) is 31.2 Å². The van der Waals surface area contributed by atoms with Crippen LogP contribution >= 0.6 is 11.6 Å². The largest absolute Gasteiger partial charge is 0.481 e. The molecule has 0 aliphatic rings. The van der Waals surface area contributed by atoms with Crippen LogP contribution in [0.25, 0.3) is 10.9 Å². The number of hydrogen-bond donors (Lipinski definition) is 1. The maximum atomic E-state index is 13.8. The highest BCUT2D eigenvalue weighted by Crippen LogP contribution is 2.31. The summed E-state index contributed by atoms with van der Waals surface area (Å²) in [7, 11) is 0. The number of fused-ring (bicyclic) bond motifs is 1. The SMILES string of the molecule is Cc1c(CCC(C)(C)C(=O)O)n(Cc2ccc(Cl)cc2)c2ccc(F)cc12. The lowest BCUT2D eigenvalue weighted by Crippen LogP contribution is -2.24. The lowest BCUT2D eigenvalue weighted by molar-refractivity contribution is -0.147. The van der Waals surface area contributed by atoms with Crippen LogP contribution in [0.3, 0.4) is 0 Å². The van der Waals surface area contributed by atoms with Crippen LogP contribution in [-0.2, 0) is 17.8 Å². The van der Waals surface area contributed by atoms with Gasteiger partial charge in [0.1, 0.15) is 5.82 Å². The molecule has 0 atom stereocenters. The molecule has 5 heteroatoms. The van der Waals surface area contributed by atoms with Crippen LogP contribution in [0.2, 0.25) is 5.02 Å². The lowest BCUT2D eigenvalue weighted by atomic mass is 9.87. The van der Waals surface area contributed by atoms with E-state index in [-0.39, 0.29) is 5.82 Å². The van der Waals surface area contributed by atoms with Gasteiger partial charge < -0.3 is 9.67 Å². The smallest absolute Gasteiger partial charge is 0.309 e. The van der Waals surface area contributed by atoms with E-state index in [1.54, 1.807) is 26.0 Å².